The topological polar surface area (TPSA) is 85.4 Å². The van der Waals surface area contributed by atoms with Crippen LogP contribution in [0.4, 0.5) is 0 Å². The van der Waals surface area contributed by atoms with Gasteiger partial charge in [0.1, 0.15) is 12.0 Å². The maximum atomic E-state index is 12.6. The second-order valence-corrected chi connectivity index (χ2v) is 9.52. The lowest BCUT2D eigenvalue weighted by Gasteiger charge is -2.25. The highest BCUT2D eigenvalue weighted by atomic mass is 16.2. The number of aryl methyl sites for hydroxylation is 2. The Kier molecular flexibility index (Phi) is 4.97. The summed E-state index contributed by atoms with van der Waals surface area (Å²) in [7, 11) is 0. The van der Waals surface area contributed by atoms with E-state index in [4.69, 9.17) is 9.97 Å². The van der Waals surface area contributed by atoms with Crippen LogP contribution in [0.5, 0.6) is 0 Å². The summed E-state index contributed by atoms with van der Waals surface area (Å²) in [5.41, 5.74) is 5.27. The standard InChI is InChI=1S/C26H28N6O2/c1-16-17(2)32(18-9-4-3-5-10-18)23-22(16)24-28-21(29-31(24)15-27-23)13-8-14-30-25(33)19-11-6-7-12-20(19)26(30)34/h6-7,11-12,15,18H,3-5,8-10,13-14H2,1-2H3. The zero-order chi connectivity index (χ0) is 23.4. The molecule has 1 aliphatic carbocycles. The molecule has 0 saturated heterocycles. The molecule has 1 aliphatic heterocycles. The molecule has 34 heavy (non-hydrogen) atoms. The minimum Gasteiger partial charge on any atom is -0.326 e. The van der Waals surface area contributed by atoms with Crippen LogP contribution in [-0.4, -0.2) is 47.4 Å². The van der Waals surface area contributed by atoms with Crippen molar-refractivity contribution in [3.05, 3.63) is 58.8 Å². The van der Waals surface area contributed by atoms with E-state index >= 15 is 0 Å². The van der Waals surface area contributed by atoms with E-state index in [0.29, 0.717) is 42.4 Å². The zero-order valence-corrected chi connectivity index (χ0v) is 19.6. The Morgan fingerprint density at radius 2 is 1.68 bits per heavy atom. The molecule has 8 heteroatoms. The molecule has 3 aromatic heterocycles. The Morgan fingerprint density at radius 1 is 0.971 bits per heavy atom. The summed E-state index contributed by atoms with van der Waals surface area (Å²) in [5, 5.41) is 5.72. The number of hydrogen-bond acceptors (Lipinski definition) is 5. The van der Waals surface area contributed by atoms with Gasteiger partial charge in [-0.2, -0.15) is 0 Å². The molecule has 0 radical (unpaired) electrons. The van der Waals surface area contributed by atoms with Crippen molar-refractivity contribution in [2.75, 3.05) is 6.54 Å². The summed E-state index contributed by atoms with van der Waals surface area (Å²) in [6.07, 6.45) is 9.22. The molecule has 2 aliphatic rings. The number of amides is 2. The van der Waals surface area contributed by atoms with Crippen LogP contribution in [0.25, 0.3) is 16.7 Å². The number of fused-ring (bicyclic) bond motifs is 4. The lowest BCUT2D eigenvalue weighted by atomic mass is 9.95. The van der Waals surface area contributed by atoms with Crippen LogP contribution >= 0.6 is 0 Å². The zero-order valence-electron chi connectivity index (χ0n) is 19.6. The van der Waals surface area contributed by atoms with Gasteiger partial charge < -0.3 is 4.57 Å². The minimum atomic E-state index is -0.218. The van der Waals surface area contributed by atoms with E-state index in [-0.39, 0.29) is 11.8 Å². The predicted molar refractivity (Wildman–Crippen MR) is 128 cm³/mol. The maximum Gasteiger partial charge on any atom is 0.261 e. The number of nitrogens with zero attached hydrogens (tertiary/aromatic N) is 6. The lowest BCUT2D eigenvalue weighted by molar-refractivity contribution is 0.0652. The van der Waals surface area contributed by atoms with Gasteiger partial charge in [0, 0.05) is 24.7 Å². The number of benzene rings is 1. The molecule has 4 aromatic rings. The first-order valence-electron chi connectivity index (χ1n) is 12.2. The molecule has 1 saturated carbocycles. The van der Waals surface area contributed by atoms with E-state index in [2.05, 4.69) is 23.5 Å². The number of hydrogen-bond donors (Lipinski definition) is 0. The Balaban J connectivity index is 1.25. The fourth-order valence-electron chi connectivity index (χ4n) is 5.66. The van der Waals surface area contributed by atoms with Crippen molar-refractivity contribution in [3.63, 3.8) is 0 Å². The van der Waals surface area contributed by atoms with E-state index in [1.54, 1.807) is 35.1 Å². The first-order chi connectivity index (χ1) is 16.5. The highest BCUT2D eigenvalue weighted by Crippen LogP contribution is 2.36. The molecular weight excluding hydrogens is 428 g/mol. The predicted octanol–water partition coefficient (Wildman–Crippen LogP) is 4.43. The summed E-state index contributed by atoms with van der Waals surface area (Å²) in [6.45, 7) is 4.68. The Hall–Kier alpha value is -3.55. The molecule has 6 rings (SSSR count). The molecule has 8 nitrogen and oxygen atoms in total. The third-order valence-electron chi connectivity index (χ3n) is 7.52. The molecule has 0 unspecified atom stereocenters. The molecule has 0 spiro atoms. The van der Waals surface area contributed by atoms with Crippen LogP contribution in [0.1, 0.15) is 82.4 Å². The van der Waals surface area contributed by atoms with Crippen molar-refractivity contribution < 1.29 is 9.59 Å². The molecular formula is C26H28N6O2. The van der Waals surface area contributed by atoms with Gasteiger partial charge in [-0.3, -0.25) is 14.5 Å². The van der Waals surface area contributed by atoms with Gasteiger partial charge in [0.2, 0.25) is 0 Å². The highest BCUT2D eigenvalue weighted by molar-refractivity contribution is 6.21. The molecule has 1 fully saturated rings. The second-order valence-electron chi connectivity index (χ2n) is 9.52. The fraction of sp³-hybridized carbons (Fsp3) is 0.423. The first-order valence-corrected chi connectivity index (χ1v) is 12.2. The van der Waals surface area contributed by atoms with Crippen molar-refractivity contribution in [2.45, 2.75) is 64.8 Å². The minimum absolute atomic E-state index is 0.218. The van der Waals surface area contributed by atoms with E-state index < -0.39 is 0 Å². The average Bonchev–Trinajstić information content (AvgIpc) is 3.47. The maximum absolute atomic E-state index is 12.6. The van der Waals surface area contributed by atoms with E-state index in [9.17, 15) is 9.59 Å². The van der Waals surface area contributed by atoms with Gasteiger partial charge in [-0.05, 0) is 50.8 Å². The third-order valence-corrected chi connectivity index (χ3v) is 7.52. The second kappa shape index (κ2) is 8.04. The van der Waals surface area contributed by atoms with Gasteiger partial charge in [0.25, 0.3) is 11.8 Å². The van der Waals surface area contributed by atoms with Crippen molar-refractivity contribution >= 4 is 28.5 Å². The third kappa shape index (κ3) is 3.15. The number of rotatable bonds is 5. The molecule has 0 bridgehead atoms. The molecule has 0 atom stereocenters. The SMILES string of the molecule is Cc1c(C)n(C2CCCCC2)c2ncn3nc(CCCN4C(=O)c5ccccc5C4=O)nc3c12. The first kappa shape index (κ1) is 21.0. The summed E-state index contributed by atoms with van der Waals surface area (Å²) in [5.74, 6) is 0.266. The van der Waals surface area contributed by atoms with E-state index in [1.807, 2.05) is 0 Å². The Bertz CT molecular complexity index is 1410. The normalized spacial score (nSPS) is 16.8. The van der Waals surface area contributed by atoms with E-state index in [1.165, 1.54) is 48.3 Å². The Morgan fingerprint density at radius 3 is 2.38 bits per heavy atom. The van der Waals surface area contributed by atoms with Crippen LogP contribution in [0.3, 0.4) is 0 Å². The monoisotopic (exact) mass is 456 g/mol. The van der Waals surface area contributed by atoms with E-state index in [0.717, 1.165) is 16.7 Å². The van der Waals surface area contributed by atoms with Crippen LogP contribution in [-0.2, 0) is 6.42 Å². The van der Waals surface area contributed by atoms with Crippen molar-refractivity contribution in [1.29, 1.82) is 0 Å². The highest BCUT2D eigenvalue weighted by Gasteiger charge is 2.34. The largest absolute Gasteiger partial charge is 0.326 e. The lowest BCUT2D eigenvalue weighted by Crippen LogP contribution is -2.31. The van der Waals surface area contributed by atoms with Gasteiger partial charge in [-0.1, -0.05) is 31.4 Å². The van der Waals surface area contributed by atoms with Gasteiger partial charge in [0.15, 0.2) is 11.5 Å². The smallest absolute Gasteiger partial charge is 0.261 e. The van der Waals surface area contributed by atoms with Crippen molar-refractivity contribution in [1.82, 2.24) is 29.0 Å². The molecule has 1 aromatic carbocycles. The average molecular weight is 457 g/mol. The van der Waals surface area contributed by atoms with Crippen molar-refractivity contribution in [2.24, 2.45) is 0 Å². The number of carbonyl (C=O) groups excluding carboxylic acids is 2. The van der Waals surface area contributed by atoms with Crippen molar-refractivity contribution in [3.8, 4) is 0 Å². The number of carbonyl (C=O) groups is 2. The van der Waals surface area contributed by atoms with Crippen LogP contribution in [0.15, 0.2) is 30.6 Å². The van der Waals surface area contributed by atoms with Crippen LogP contribution in [0, 0.1) is 13.8 Å². The fourth-order valence-corrected chi connectivity index (χ4v) is 5.66. The molecule has 2 amide bonds. The van der Waals surface area contributed by atoms with Crippen LogP contribution < -0.4 is 0 Å². The van der Waals surface area contributed by atoms with Gasteiger partial charge in [-0.25, -0.2) is 14.5 Å². The Labute approximate surface area is 197 Å². The molecule has 4 heterocycles. The summed E-state index contributed by atoms with van der Waals surface area (Å²) < 4.78 is 4.18. The van der Waals surface area contributed by atoms with Gasteiger partial charge in [-0.15, -0.1) is 5.10 Å². The summed E-state index contributed by atoms with van der Waals surface area (Å²) in [4.78, 5) is 36.2. The van der Waals surface area contributed by atoms with Crippen LogP contribution in [0.2, 0.25) is 0 Å². The van der Waals surface area contributed by atoms with Gasteiger partial charge >= 0.3 is 0 Å². The summed E-state index contributed by atoms with van der Waals surface area (Å²) in [6, 6.07) is 7.49. The van der Waals surface area contributed by atoms with Gasteiger partial charge in [0.05, 0.1) is 16.5 Å². The number of imide groups is 1. The number of aromatic nitrogens is 5. The molecule has 0 N–H and O–H groups in total. The summed E-state index contributed by atoms with van der Waals surface area (Å²) >= 11 is 0. The molecule has 174 valence electrons. The quantitative estimate of drug-likeness (QED) is 0.415.